The number of para-hydroxylation sites is 2. The van der Waals surface area contributed by atoms with Crippen LogP contribution in [0.1, 0.15) is 30.6 Å². The topological polar surface area (TPSA) is 93.3 Å². The molecular weight excluding hydrogens is 346 g/mol. The second kappa shape index (κ2) is 7.90. The van der Waals surface area contributed by atoms with E-state index in [0.717, 1.165) is 6.42 Å². The van der Waals surface area contributed by atoms with Crippen LogP contribution in [0.3, 0.4) is 0 Å². The number of hydrogen-bond donors (Lipinski definition) is 2. The number of fused-ring (bicyclic) bond motifs is 1. The summed E-state index contributed by atoms with van der Waals surface area (Å²) in [6.07, 6.45) is 0.849. The van der Waals surface area contributed by atoms with Crippen LogP contribution in [0.4, 0.5) is 5.69 Å². The van der Waals surface area contributed by atoms with Crippen LogP contribution >= 0.6 is 0 Å². The first-order valence-electron chi connectivity index (χ1n) is 8.77. The highest BCUT2D eigenvalue weighted by atomic mass is 16.4. The monoisotopic (exact) mass is 367 g/mol. The zero-order valence-electron chi connectivity index (χ0n) is 15.2. The van der Waals surface area contributed by atoms with Gasteiger partial charge in [0.25, 0.3) is 5.91 Å². The standard InChI is InChI=1S/C20H21N3O4/c1-3-13(2)21-19(25)14-8-10-15(11-9-14)22-18(24)12-23-16-6-4-5-7-17(16)27-20(23)26/h4-11,13H,3,12H2,1-2H3,(H,21,25)(H,22,24). The van der Waals surface area contributed by atoms with Crippen molar-refractivity contribution in [3.8, 4) is 0 Å². The lowest BCUT2D eigenvalue weighted by molar-refractivity contribution is -0.116. The molecule has 0 radical (unpaired) electrons. The van der Waals surface area contributed by atoms with Crippen LogP contribution in [0.5, 0.6) is 0 Å². The van der Waals surface area contributed by atoms with E-state index in [0.29, 0.717) is 22.4 Å². The number of nitrogens with zero attached hydrogens (tertiary/aromatic N) is 1. The number of hydrogen-bond acceptors (Lipinski definition) is 4. The van der Waals surface area contributed by atoms with Crippen molar-refractivity contribution >= 4 is 28.6 Å². The Morgan fingerprint density at radius 1 is 1.11 bits per heavy atom. The maximum atomic E-state index is 12.3. The number of carbonyl (C=O) groups excluding carboxylic acids is 2. The van der Waals surface area contributed by atoms with Crippen LogP contribution < -0.4 is 16.4 Å². The van der Waals surface area contributed by atoms with Gasteiger partial charge in [-0.15, -0.1) is 0 Å². The maximum absolute atomic E-state index is 12.3. The Balaban J connectivity index is 1.66. The van der Waals surface area contributed by atoms with Gasteiger partial charge in [0.15, 0.2) is 5.58 Å². The lowest BCUT2D eigenvalue weighted by Gasteiger charge is -2.12. The largest absolute Gasteiger partial charge is 0.420 e. The Hall–Kier alpha value is -3.35. The fourth-order valence-corrected chi connectivity index (χ4v) is 2.62. The molecule has 2 aromatic carbocycles. The van der Waals surface area contributed by atoms with Crippen LogP contribution in [-0.4, -0.2) is 22.4 Å². The van der Waals surface area contributed by atoms with Gasteiger partial charge in [0, 0.05) is 17.3 Å². The molecule has 3 rings (SSSR count). The van der Waals surface area contributed by atoms with E-state index in [1.54, 1.807) is 48.5 Å². The van der Waals surface area contributed by atoms with E-state index in [-0.39, 0.29) is 24.4 Å². The van der Waals surface area contributed by atoms with E-state index < -0.39 is 5.76 Å². The molecule has 0 spiro atoms. The van der Waals surface area contributed by atoms with Gasteiger partial charge in [0.05, 0.1) is 5.52 Å². The first-order valence-corrected chi connectivity index (χ1v) is 8.77. The predicted molar refractivity (Wildman–Crippen MR) is 103 cm³/mol. The lowest BCUT2D eigenvalue weighted by Crippen LogP contribution is -2.31. The third-order valence-corrected chi connectivity index (χ3v) is 4.30. The minimum atomic E-state index is -0.580. The van der Waals surface area contributed by atoms with Gasteiger partial charge in [0.1, 0.15) is 6.54 Å². The molecule has 1 unspecified atom stereocenters. The van der Waals surface area contributed by atoms with E-state index in [4.69, 9.17) is 4.42 Å². The number of amides is 2. The van der Waals surface area contributed by atoms with Gasteiger partial charge in [-0.05, 0) is 49.7 Å². The van der Waals surface area contributed by atoms with Crippen LogP contribution in [0.2, 0.25) is 0 Å². The van der Waals surface area contributed by atoms with Crippen molar-refractivity contribution in [1.82, 2.24) is 9.88 Å². The molecule has 0 fully saturated rings. The van der Waals surface area contributed by atoms with E-state index >= 15 is 0 Å². The fraction of sp³-hybridized carbons (Fsp3) is 0.250. The average molecular weight is 367 g/mol. The summed E-state index contributed by atoms with van der Waals surface area (Å²) in [5.41, 5.74) is 2.06. The molecule has 27 heavy (non-hydrogen) atoms. The number of aromatic nitrogens is 1. The van der Waals surface area contributed by atoms with Gasteiger partial charge in [-0.25, -0.2) is 4.79 Å². The Morgan fingerprint density at radius 3 is 2.52 bits per heavy atom. The first kappa shape index (κ1) is 18.4. The summed E-state index contributed by atoms with van der Waals surface area (Å²) in [4.78, 5) is 36.3. The Bertz CT molecular complexity index is 1020. The van der Waals surface area contributed by atoms with Gasteiger partial charge < -0.3 is 15.1 Å². The first-order chi connectivity index (χ1) is 13.0. The summed E-state index contributed by atoms with van der Waals surface area (Å²) >= 11 is 0. The summed E-state index contributed by atoms with van der Waals surface area (Å²) in [6.45, 7) is 3.78. The zero-order valence-corrected chi connectivity index (χ0v) is 15.2. The fourth-order valence-electron chi connectivity index (χ4n) is 2.62. The number of anilines is 1. The van der Waals surface area contributed by atoms with Crippen LogP contribution in [0.15, 0.2) is 57.7 Å². The van der Waals surface area contributed by atoms with Crippen molar-refractivity contribution < 1.29 is 14.0 Å². The van der Waals surface area contributed by atoms with Crippen molar-refractivity contribution in [2.45, 2.75) is 32.9 Å². The average Bonchev–Trinajstić information content (AvgIpc) is 2.97. The number of benzene rings is 2. The van der Waals surface area contributed by atoms with Crippen molar-refractivity contribution in [1.29, 1.82) is 0 Å². The predicted octanol–water partition coefficient (Wildman–Crippen LogP) is 2.76. The highest BCUT2D eigenvalue weighted by molar-refractivity contribution is 5.96. The van der Waals surface area contributed by atoms with Crippen LogP contribution in [0, 0.1) is 0 Å². The molecule has 0 aliphatic heterocycles. The quantitative estimate of drug-likeness (QED) is 0.701. The van der Waals surface area contributed by atoms with Gasteiger partial charge in [-0.3, -0.25) is 14.2 Å². The van der Waals surface area contributed by atoms with Gasteiger partial charge in [-0.1, -0.05) is 19.1 Å². The van der Waals surface area contributed by atoms with E-state index in [1.165, 1.54) is 4.57 Å². The number of rotatable bonds is 6. The third-order valence-electron chi connectivity index (χ3n) is 4.30. The molecule has 0 aliphatic rings. The minimum Gasteiger partial charge on any atom is -0.408 e. The highest BCUT2D eigenvalue weighted by Crippen LogP contribution is 2.13. The molecule has 140 valence electrons. The third kappa shape index (κ3) is 4.25. The maximum Gasteiger partial charge on any atom is 0.420 e. The Morgan fingerprint density at radius 2 is 1.81 bits per heavy atom. The van der Waals surface area contributed by atoms with Crippen molar-refractivity contribution in [3.05, 3.63) is 64.6 Å². The number of oxazole rings is 1. The van der Waals surface area contributed by atoms with E-state index in [9.17, 15) is 14.4 Å². The molecular formula is C20H21N3O4. The molecule has 3 aromatic rings. The molecule has 1 heterocycles. The lowest BCUT2D eigenvalue weighted by atomic mass is 10.1. The summed E-state index contributed by atoms with van der Waals surface area (Å²) < 4.78 is 6.39. The van der Waals surface area contributed by atoms with Crippen molar-refractivity contribution in [2.24, 2.45) is 0 Å². The molecule has 7 nitrogen and oxygen atoms in total. The molecule has 1 atom stereocenters. The normalized spacial score (nSPS) is 11.9. The zero-order chi connectivity index (χ0) is 19.4. The van der Waals surface area contributed by atoms with Crippen LogP contribution in [-0.2, 0) is 11.3 Å². The summed E-state index contributed by atoms with van der Waals surface area (Å²) in [7, 11) is 0. The SMILES string of the molecule is CCC(C)NC(=O)c1ccc(NC(=O)Cn2c(=O)oc3ccccc32)cc1. The second-order valence-electron chi connectivity index (χ2n) is 6.33. The smallest absolute Gasteiger partial charge is 0.408 e. The second-order valence-corrected chi connectivity index (χ2v) is 6.33. The molecule has 0 saturated carbocycles. The van der Waals surface area contributed by atoms with Crippen molar-refractivity contribution in [3.63, 3.8) is 0 Å². The number of nitrogens with one attached hydrogen (secondary N) is 2. The van der Waals surface area contributed by atoms with E-state index in [2.05, 4.69) is 10.6 Å². The molecule has 0 saturated heterocycles. The Kier molecular flexibility index (Phi) is 5.40. The van der Waals surface area contributed by atoms with E-state index in [1.807, 2.05) is 13.8 Å². The van der Waals surface area contributed by atoms with Crippen molar-refractivity contribution in [2.75, 3.05) is 5.32 Å². The molecule has 0 aliphatic carbocycles. The number of carbonyl (C=O) groups is 2. The molecule has 2 N–H and O–H groups in total. The van der Waals surface area contributed by atoms with Gasteiger partial charge in [0.2, 0.25) is 5.91 Å². The van der Waals surface area contributed by atoms with Crippen LogP contribution in [0.25, 0.3) is 11.1 Å². The van der Waals surface area contributed by atoms with Gasteiger partial charge in [-0.2, -0.15) is 0 Å². The molecule has 1 aromatic heterocycles. The minimum absolute atomic E-state index is 0.0972. The molecule has 2 amide bonds. The molecule has 7 heteroatoms. The Labute approximate surface area is 156 Å². The highest BCUT2D eigenvalue weighted by Gasteiger charge is 2.13. The molecule has 0 bridgehead atoms. The van der Waals surface area contributed by atoms with Gasteiger partial charge >= 0.3 is 5.76 Å². The summed E-state index contributed by atoms with van der Waals surface area (Å²) in [5, 5.41) is 5.60. The summed E-state index contributed by atoms with van der Waals surface area (Å²) in [5.74, 6) is -1.09. The summed E-state index contributed by atoms with van der Waals surface area (Å²) in [6, 6.07) is 13.6.